The van der Waals surface area contributed by atoms with Crippen LogP contribution >= 0.6 is 0 Å². The van der Waals surface area contributed by atoms with Crippen LogP contribution in [0.4, 0.5) is 10.1 Å². The molecule has 0 heterocycles. The van der Waals surface area contributed by atoms with Gasteiger partial charge in [-0.2, -0.15) is 0 Å². The number of amides is 1. The van der Waals surface area contributed by atoms with Crippen LogP contribution in [0.15, 0.2) is 53.4 Å². The van der Waals surface area contributed by atoms with Crippen LogP contribution in [-0.4, -0.2) is 32.2 Å². The minimum atomic E-state index is -3.57. The van der Waals surface area contributed by atoms with E-state index in [0.29, 0.717) is 17.8 Å². The highest BCUT2D eigenvalue weighted by Crippen LogP contribution is 2.17. The van der Waals surface area contributed by atoms with Crippen molar-refractivity contribution in [1.29, 1.82) is 0 Å². The summed E-state index contributed by atoms with van der Waals surface area (Å²) in [6.45, 7) is 2.44. The monoisotopic (exact) mass is 364 g/mol. The fraction of sp³-hybridized carbons (Fsp3) is 0.278. The number of carbonyl (C=O) groups excluding carboxylic acids is 1. The van der Waals surface area contributed by atoms with Gasteiger partial charge in [0.15, 0.2) is 0 Å². The van der Waals surface area contributed by atoms with Gasteiger partial charge in [0.1, 0.15) is 5.82 Å². The highest BCUT2D eigenvalue weighted by atomic mass is 32.2. The van der Waals surface area contributed by atoms with Gasteiger partial charge in [-0.1, -0.05) is 19.4 Å². The second kappa shape index (κ2) is 8.22. The van der Waals surface area contributed by atoms with Crippen molar-refractivity contribution >= 4 is 21.6 Å². The number of rotatable bonds is 7. The fourth-order valence-corrected chi connectivity index (χ4v) is 3.44. The lowest BCUT2D eigenvalue weighted by molar-refractivity contribution is 0.102. The van der Waals surface area contributed by atoms with Gasteiger partial charge < -0.3 is 5.32 Å². The van der Waals surface area contributed by atoms with Crippen LogP contribution in [0, 0.1) is 5.82 Å². The Bertz CT molecular complexity index is 836. The molecule has 5 nitrogen and oxygen atoms in total. The third kappa shape index (κ3) is 4.87. The van der Waals surface area contributed by atoms with Crippen molar-refractivity contribution in [3.63, 3.8) is 0 Å². The first kappa shape index (κ1) is 19.1. The summed E-state index contributed by atoms with van der Waals surface area (Å²) in [4.78, 5) is 12.3. The summed E-state index contributed by atoms with van der Waals surface area (Å²) in [7, 11) is -2.03. The lowest BCUT2D eigenvalue weighted by atomic mass is 10.2. The standard InChI is InChI=1S/C18H21FN2O3S/c1-3-4-12-21(2)25(23,24)17-10-8-14(9-11-17)18(22)20-16-7-5-6-15(19)13-16/h5-11,13H,3-4,12H2,1-2H3,(H,20,22). The van der Waals surface area contributed by atoms with E-state index in [0.717, 1.165) is 12.8 Å². The van der Waals surface area contributed by atoms with E-state index in [9.17, 15) is 17.6 Å². The van der Waals surface area contributed by atoms with Gasteiger partial charge >= 0.3 is 0 Å². The van der Waals surface area contributed by atoms with Gasteiger partial charge in [0.2, 0.25) is 10.0 Å². The van der Waals surface area contributed by atoms with Crippen molar-refractivity contribution in [2.45, 2.75) is 24.7 Å². The van der Waals surface area contributed by atoms with Gasteiger partial charge in [-0.05, 0) is 48.9 Å². The predicted molar refractivity (Wildman–Crippen MR) is 95.5 cm³/mol. The van der Waals surface area contributed by atoms with Crippen LogP contribution in [0.25, 0.3) is 0 Å². The Morgan fingerprint density at radius 3 is 2.44 bits per heavy atom. The van der Waals surface area contributed by atoms with Crippen molar-refractivity contribution < 1.29 is 17.6 Å². The van der Waals surface area contributed by atoms with E-state index >= 15 is 0 Å². The largest absolute Gasteiger partial charge is 0.322 e. The maximum atomic E-state index is 13.1. The summed E-state index contributed by atoms with van der Waals surface area (Å²) < 4.78 is 39.3. The van der Waals surface area contributed by atoms with Gasteiger partial charge in [0, 0.05) is 24.8 Å². The van der Waals surface area contributed by atoms with Crippen LogP contribution in [0.1, 0.15) is 30.1 Å². The van der Waals surface area contributed by atoms with Gasteiger partial charge in [0.25, 0.3) is 5.91 Å². The summed E-state index contributed by atoms with van der Waals surface area (Å²) >= 11 is 0. The van der Waals surface area contributed by atoms with Gasteiger partial charge in [-0.3, -0.25) is 4.79 Å². The van der Waals surface area contributed by atoms with E-state index in [1.165, 1.54) is 53.8 Å². The van der Waals surface area contributed by atoms with Gasteiger partial charge in [-0.15, -0.1) is 0 Å². The second-order valence-corrected chi connectivity index (χ2v) is 7.71. The molecular weight excluding hydrogens is 343 g/mol. The molecule has 0 bridgehead atoms. The van der Waals surface area contributed by atoms with E-state index in [4.69, 9.17) is 0 Å². The van der Waals surface area contributed by atoms with Crippen LogP contribution in [0.2, 0.25) is 0 Å². The SMILES string of the molecule is CCCCN(C)S(=O)(=O)c1ccc(C(=O)Nc2cccc(F)c2)cc1. The number of hydrogen-bond donors (Lipinski definition) is 1. The quantitative estimate of drug-likeness (QED) is 0.818. The molecular formula is C18H21FN2O3S. The van der Waals surface area contributed by atoms with Crippen LogP contribution in [0.5, 0.6) is 0 Å². The summed E-state index contributed by atoms with van der Waals surface area (Å²) in [5.74, 6) is -0.886. The molecule has 7 heteroatoms. The van der Waals surface area contributed by atoms with Crippen LogP contribution in [-0.2, 0) is 10.0 Å². The first-order valence-corrected chi connectivity index (χ1v) is 9.42. The number of anilines is 1. The minimum absolute atomic E-state index is 0.133. The van der Waals surface area contributed by atoms with Crippen molar-refractivity contribution in [2.24, 2.45) is 0 Å². The maximum absolute atomic E-state index is 13.1. The molecule has 0 unspecified atom stereocenters. The van der Waals surface area contributed by atoms with E-state index in [1.54, 1.807) is 6.07 Å². The maximum Gasteiger partial charge on any atom is 0.255 e. The molecule has 0 aromatic heterocycles. The highest BCUT2D eigenvalue weighted by molar-refractivity contribution is 7.89. The molecule has 0 saturated heterocycles. The lowest BCUT2D eigenvalue weighted by Gasteiger charge is -2.17. The first-order valence-electron chi connectivity index (χ1n) is 7.98. The smallest absolute Gasteiger partial charge is 0.255 e. The number of carbonyl (C=O) groups is 1. The molecule has 134 valence electrons. The molecule has 2 rings (SSSR count). The average Bonchev–Trinajstić information content (AvgIpc) is 2.59. The molecule has 2 aromatic carbocycles. The number of sulfonamides is 1. The molecule has 0 saturated carbocycles. The third-order valence-electron chi connectivity index (χ3n) is 3.73. The van der Waals surface area contributed by atoms with Crippen LogP contribution in [0.3, 0.4) is 0 Å². The van der Waals surface area contributed by atoms with E-state index < -0.39 is 21.7 Å². The topological polar surface area (TPSA) is 66.5 Å². The first-order chi connectivity index (χ1) is 11.8. The molecule has 0 aliphatic rings. The number of unbranched alkanes of at least 4 members (excludes halogenated alkanes) is 1. The van der Waals surface area contributed by atoms with Crippen molar-refractivity contribution in [1.82, 2.24) is 4.31 Å². The van der Waals surface area contributed by atoms with Gasteiger partial charge in [0.05, 0.1) is 4.90 Å². The molecule has 0 fully saturated rings. The molecule has 0 radical (unpaired) electrons. The number of nitrogens with one attached hydrogen (secondary N) is 1. The summed E-state index contributed by atoms with van der Waals surface area (Å²) in [5.41, 5.74) is 0.625. The molecule has 0 spiro atoms. The zero-order valence-electron chi connectivity index (χ0n) is 14.2. The Morgan fingerprint density at radius 1 is 1.16 bits per heavy atom. The summed E-state index contributed by atoms with van der Waals surface area (Å²) in [6, 6.07) is 11.2. The molecule has 2 aromatic rings. The Morgan fingerprint density at radius 2 is 1.84 bits per heavy atom. The van der Waals surface area contributed by atoms with Gasteiger partial charge in [-0.25, -0.2) is 17.1 Å². The molecule has 0 atom stereocenters. The molecule has 25 heavy (non-hydrogen) atoms. The van der Waals surface area contributed by atoms with Crippen molar-refractivity contribution in [3.8, 4) is 0 Å². The fourth-order valence-electron chi connectivity index (χ4n) is 2.23. The zero-order valence-corrected chi connectivity index (χ0v) is 15.0. The minimum Gasteiger partial charge on any atom is -0.322 e. The number of hydrogen-bond acceptors (Lipinski definition) is 3. The van der Waals surface area contributed by atoms with E-state index in [-0.39, 0.29) is 4.90 Å². The Hall–Kier alpha value is -2.25. The summed E-state index contributed by atoms with van der Waals surface area (Å²) in [5, 5.41) is 2.57. The third-order valence-corrected chi connectivity index (χ3v) is 5.60. The van der Waals surface area contributed by atoms with Crippen molar-refractivity contribution in [3.05, 3.63) is 59.9 Å². The van der Waals surface area contributed by atoms with Crippen LogP contribution < -0.4 is 5.32 Å². The number of nitrogens with zero attached hydrogens (tertiary/aromatic N) is 1. The predicted octanol–water partition coefficient (Wildman–Crippen LogP) is 3.50. The Balaban J connectivity index is 2.12. The Kier molecular flexibility index (Phi) is 6.27. The zero-order chi connectivity index (χ0) is 18.4. The van der Waals surface area contributed by atoms with Crippen molar-refractivity contribution in [2.75, 3.05) is 18.9 Å². The molecule has 1 N–H and O–H groups in total. The normalized spacial score (nSPS) is 11.5. The highest BCUT2D eigenvalue weighted by Gasteiger charge is 2.20. The average molecular weight is 364 g/mol. The summed E-state index contributed by atoms with van der Waals surface area (Å²) in [6.07, 6.45) is 1.68. The Labute approximate surface area is 147 Å². The molecule has 0 aliphatic heterocycles. The van der Waals surface area contributed by atoms with E-state index in [2.05, 4.69) is 5.32 Å². The molecule has 1 amide bonds. The number of benzene rings is 2. The lowest BCUT2D eigenvalue weighted by Crippen LogP contribution is -2.28. The van der Waals surface area contributed by atoms with E-state index in [1.807, 2.05) is 6.92 Å². The number of halogens is 1. The second-order valence-electron chi connectivity index (χ2n) is 5.67. The molecule has 0 aliphatic carbocycles.